The lowest BCUT2D eigenvalue weighted by Gasteiger charge is -2.11. The number of methoxy groups -OCH3 is 1. The summed E-state index contributed by atoms with van der Waals surface area (Å²) in [7, 11) is 1.56. The second-order valence-electron chi connectivity index (χ2n) is 5.76. The Bertz CT molecular complexity index is 923. The van der Waals surface area contributed by atoms with Gasteiger partial charge in [-0.05, 0) is 49.2 Å². The first-order chi connectivity index (χ1) is 12.6. The third-order valence-corrected chi connectivity index (χ3v) is 4.12. The van der Waals surface area contributed by atoms with Crippen LogP contribution in [0.25, 0.3) is 5.69 Å². The molecule has 3 rings (SSSR count). The standard InChI is InChI=1S/C19H19ClN4O2/c1-13-22-12-24(23-13)17-7-6-15(11-18(17)26-2)19(25)21-9-8-14-4-3-5-16(20)10-14/h3-7,10-12H,8-9H2,1-2H3,(H,21,25). The maximum absolute atomic E-state index is 12.4. The molecule has 0 aliphatic rings. The van der Waals surface area contributed by atoms with Gasteiger partial charge in [-0.1, -0.05) is 23.7 Å². The summed E-state index contributed by atoms with van der Waals surface area (Å²) < 4.78 is 7.02. The van der Waals surface area contributed by atoms with Crippen LogP contribution in [-0.2, 0) is 6.42 Å². The summed E-state index contributed by atoms with van der Waals surface area (Å²) in [6.07, 6.45) is 2.32. The van der Waals surface area contributed by atoms with Gasteiger partial charge in [-0.25, -0.2) is 9.67 Å². The number of rotatable bonds is 6. The van der Waals surface area contributed by atoms with Gasteiger partial charge in [-0.15, -0.1) is 0 Å². The van der Waals surface area contributed by atoms with Gasteiger partial charge in [-0.3, -0.25) is 4.79 Å². The molecule has 3 aromatic rings. The van der Waals surface area contributed by atoms with E-state index in [9.17, 15) is 4.79 Å². The number of benzene rings is 2. The molecule has 7 heteroatoms. The molecule has 0 aliphatic heterocycles. The molecule has 0 unspecified atom stereocenters. The first kappa shape index (κ1) is 17.9. The Morgan fingerprint density at radius 3 is 2.81 bits per heavy atom. The second kappa shape index (κ2) is 8.01. The van der Waals surface area contributed by atoms with Gasteiger partial charge in [-0.2, -0.15) is 5.10 Å². The molecule has 0 radical (unpaired) electrons. The normalized spacial score (nSPS) is 10.6. The van der Waals surface area contributed by atoms with Crippen LogP contribution in [0.15, 0.2) is 48.8 Å². The number of nitrogens with one attached hydrogen (secondary N) is 1. The molecular formula is C19H19ClN4O2. The molecule has 26 heavy (non-hydrogen) atoms. The van der Waals surface area contributed by atoms with Gasteiger partial charge in [0.15, 0.2) is 0 Å². The summed E-state index contributed by atoms with van der Waals surface area (Å²) in [5.41, 5.74) is 2.32. The lowest BCUT2D eigenvalue weighted by molar-refractivity contribution is 0.0954. The fraction of sp³-hybridized carbons (Fsp3) is 0.211. The predicted octanol–water partition coefficient (Wildman–Crippen LogP) is 3.21. The van der Waals surface area contributed by atoms with Crippen molar-refractivity contribution in [3.05, 3.63) is 70.8 Å². The van der Waals surface area contributed by atoms with Crippen molar-refractivity contribution in [2.75, 3.05) is 13.7 Å². The van der Waals surface area contributed by atoms with Gasteiger partial charge in [0, 0.05) is 17.1 Å². The molecular weight excluding hydrogens is 352 g/mol. The van der Waals surface area contributed by atoms with Crippen LogP contribution in [0, 0.1) is 6.92 Å². The average Bonchev–Trinajstić information content (AvgIpc) is 3.07. The van der Waals surface area contributed by atoms with E-state index >= 15 is 0 Å². The van der Waals surface area contributed by atoms with Crippen LogP contribution in [0.1, 0.15) is 21.7 Å². The number of hydrogen-bond donors (Lipinski definition) is 1. The van der Waals surface area contributed by atoms with Crippen molar-refractivity contribution in [2.24, 2.45) is 0 Å². The maximum Gasteiger partial charge on any atom is 0.251 e. The predicted molar refractivity (Wildman–Crippen MR) is 100 cm³/mol. The molecule has 6 nitrogen and oxygen atoms in total. The number of nitrogens with zero attached hydrogens (tertiary/aromatic N) is 3. The van der Waals surface area contributed by atoms with E-state index in [1.165, 1.54) is 0 Å². The lowest BCUT2D eigenvalue weighted by atomic mass is 10.1. The summed E-state index contributed by atoms with van der Waals surface area (Å²) in [5.74, 6) is 1.05. The van der Waals surface area contributed by atoms with Gasteiger partial charge >= 0.3 is 0 Å². The molecule has 0 saturated carbocycles. The van der Waals surface area contributed by atoms with E-state index in [0.29, 0.717) is 35.1 Å². The Morgan fingerprint density at radius 1 is 1.27 bits per heavy atom. The van der Waals surface area contributed by atoms with Crippen LogP contribution in [0.5, 0.6) is 5.75 Å². The van der Waals surface area contributed by atoms with Crippen molar-refractivity contribution in [3.63, 3.8) is 0 Å². The third kappa shape index (κ3) is 4.21. The van der Waals surface area contributed by atoms with E-state index in [0.717, 1.165) is 11.3 Å². The molecule has 134 valence electrons. The van der Waals surface area contributed by atoms with E-state index in [1.807, 2.05) is 31.2 Å². The summed E-state index contributed by atoms with van der Waals surface area (Å²) in [5, 5.41) is 7.87. The Labute approximate surface area is 156 Å². The Balaban J connectivity index is 1.67. The Kier molecular flexibility index (Phi) is 5.53. The van der Waals surface area contributed by atoms with E-state index in [2.05, 4.69) is 15.4 Å². The van der Waals surface area contributed by atoms with Crippen LogP contribution in [0.4, 0.5) is 0 Å². The number of ether oxygens (including phenoxy) is 1. The van der Waals surface area contributed by atoms with Crippen LogP contribution >= 0.6 is 11.6 Å². The minimum atomic E-state index is -0.161. The zero-order valence-corrected chi connectivity index (χ0v) is 15.3. The van der Waals surface area contributed by atoms with E-state index in [4.69, 9.17) is 16.3 Å². The van der Waals surface area contributed by atoms with Crippen molar-refractivity contribution in [1.29, 1.82) is 0 Å². The van der Waals surface area contributed by atoms with Gasteiger partial charge in [0.1, 0.15) is 23.6 Å². The van der Waals surface area contributed by atoms with Crippen LogP contribution in [0.3, 0.4) is 0 Å². The van der Waals surface area contributed by atoms with Crippen molar-refractivity contribution >= 4 is 17.5 Å². The highest BCUT2D eigenvalue weighted by Crippen LogP contribution is 2.23. The van der Waals surface area contributed by atoms with Crippen molar-refractivity contribution in [1.82, 2.24) is 20.1 Å². The molecule has 1 N–H and O–H groups in total. The van der Waals surface area contributed by atoms with E-state index in [1.54, 1.807) is 36.3 Å². The van der Waals surface area contributed by atoms with Crippen molar-refractivity contribution < 1.29 is 9.53 Å². The maximum atomic E-state index is 12.4. The van der Waals surface area contributed by atoms with Gasteiger partial charge < -0.3 is 10.1 Å². The zero-order chi connectivity index (χ0) is 18.5. The molecule has 0 aliphatic carbocycles. The zero-order valence-electron chi connectivity index (χ0n) is 14.6. The highest BCUT2D eigenvalue weighted by molar-refractivity contribution is 6.30. The van der Waals surface area contributed by atoms with Crippen molar-refractivity contribution in [3.8, 4) is 11.4 Å². The number of carbonyl (C=O) groups is 1. The largest absolute Gasteiger partial charge is 0.494 e. The van der Waals surface area contributed by atoms with Crippen LogP contribution < -0.4 is 10.1 Å². The SMILES string of the molecule is COc1cc(C(=O)NCCc2cccc(Cl)c2)ccc1-n1cnc(C)n1. The second-order valence-corrected chi connectivity index (χ2v) is 6.20. The number of aryl methyl sites for hydroxylation is 1. The monoisotopic (exact) mass is 370 g/mol. The molecule has 0 bridgehead atoms. The minimum absolute atomic E-state index is 0.161. The summed E-state index contributed by atoms with van der Waals surface area (Å²) in [4.78, 5) is 16.5. The quantitative estimate of drug-likeness (QED) is 0.723. The fourth-order valence-corrected chi connectivity index (χ4v) is 2.80. The molecule has 2 aromatic carbocycles. The molecule has 1 amide bonds. The van der Waals surface area contributed by atoms with Crippen LogP contribution in [0.2, 0.25) is 5.02 Å². The molecule has 0 spiro atoms. The molecule has 0 fully saturated rings. The summed E-state index contributed by atoms with van der Waals surface area (Å²) >= 11 is 5.97. The fourth-order valence-electron chi connectivity index (χ4n) is 2.58. The number of amides is 1. The smallest absolute Gasteiger partial charge is 0.251 e. The highest BCUT2D eigenvalue weighted by atomic mass is 35.5. The van der Waals surface area contributed by atoms with E-state index in [-0.39, 0.29) is 5.91 Å². The first-order valence-electron chi connectivity index (χ1n) is 8.16. The van der Waals surface area contributed by atoms with Gasteiger partial charge in [0.2, 0.25) is 0 Å². The first-order valence-corrected chi connectivity index (χ1v) is 8.54. The van der Waals surface area contributed by atoms with Crippen LogP contribution in [-0.4, -0.2) is 34.3 Å². The molecule has 0 saturated heterocycles. The molecule has 0 atom stereocenters. The topological polar surface area (TPSA) is 69.0 Å². The average molecular weight is 371 g/mol. The van der Waals surface area contributed by atoms with Gasteiger partial charge in [0.25, 0.3) is 5.91 Å². The minimum Gasteiger partial charge on any atom is -0.494 e. The number of carbonyl (C=O) groups excluding carboxylic acids is 1. The Morgan fingerprint density at radius 2 is 2.12 bits per heavy atom. The molecule has 1 heterocycles. The number of halogens is 1. The van der Waals surface area contributed by atoms with E-state index < -0.39 is 0 Å². The summed E-state index contributed by atoms with van der Waals surface area (Å²) in [6, 6.07) is 12.8. The van der Waals surface area contributed by atoms with Crippen molar-refractivity contribution in [2.45, 2.75) is 13.3 Å². The molecule has 1 aromatic heterocycles. The summed E-state index contributed by atoms with van der Waals surface area (Å²) in [6.45, 7) is 2.33. The Hall–Kier alpha value is -2.86. The highest BCUT2D eigenvalue weighted by Gasteiger charge is 2.12. The number of aromatic nitrogens is 3. The van der Waals surface area contributed by atoms with Gasteiger partial charge in [0.05, 0.1) is 7.11 Å². The third-order valence-electron chi connectivity index (χ3n) is 3.88. The lowest BCUT2D eigenvalue weighted by Crippen LogP contribution is -2.25. The number of hydrogen-bond acceptors (Lipinski definition) is 4.